The van der Waals surface area contributed by atoms with Crippen LogP contribution in [0.3, 0.4) is 0 Å². The van der Waals surface area contributed by atoms with Gasteiger partial charge in [-0.3, -0.25) is 19.2 Å². The molecular weight excluding hydrogens is 1280 g/mol. The number of hydrogen-bond donors (Lipinski definition) is 4. The molecule has 12 rings (SSSR count). The zero-order chi connectivity index (χ0) is 70.4. The Kier molecular flexibility index (Phi) is 24.8. The number of carbonyl (C=O) groups is 1. The van der Waals surface area contributed by atoms with Crippen LogP contribution in [0.1, 0.15) is 147 Å². The highest BCUT2D eigenvalue weighted by atomic mass is 19.3. The first-order valence-electron chi connectivity index (χ1n) is 30.5. The van der Waals surface area contributed by atoms with Gasteiger partial charge in [-0.15, -0.1) is 0 Å². The Morgan fingerprint density at radius 2 is 0.938 bits per heavy atom. The first kappa shape index (κ1) is 73.8. The van der Waals surface area contributed by atoms with Crippen molar-refractivity contribution >= 4 is 38.6 Å². The maximum Gasteiger partial charge on any atom is 0.251 e. The molecule has 1 amide bonds. The van der Waals surface area contributed by atoms with E-state index >= 15 is 0 Å². The predicted octanol–water partition coefficient (Wildman–Crippen LogP) is 17.5. The van der Waals surface area contributed by atoms with Gasteiger partial charge in [-0.1, -0.05) is 50.2 Å². The first-order chi connectivity index (χ1) is 45.6. The molecule has 3 aliphatic carbocycles. The molecule has 0 saturated heterocycles. The number of carbonyl (C=O) groups excluding carboxylic acids is 1. The van der Waals surface area contributed by atoms with E-state index in [2.05, 4.69) is 29.7 Å². The first-order valence-corrected chi connectivity index (χ1v) is 30.5. The highest BCUT2D eigenvalue weighted by Crippen LogP contribution is 2.52. The van der Waals surface area contributed by atoms with Crippen LogP contribution < -0.4 is 35.8 Å². The third-order valence-electron chi connectivity index (χ3n) is 16.5. The number of ether oxygens (including phenoxy) is 3. The number of nitrogens with zero attached hydrogens (tertiary/aromatic N) is 1. The number of alkyl halides is 6. The van der Waals surface area contributed by atoms with Gasteiger partial charge in [0, 0.05) is 104 Å². The van der Waals surface area contributed by atoms with Crippen LogP contribution in [0.15, 0.2) is 136 Å². The molecule has 0 radical (unpaired) electrons. The highest BCUT2D eigenvalue weighted by Gasteiger charge is 2.45. The molecule has 0 bridgehead atoms. The number of aromatic nitrogens is 3. The fraction of sp³-hybridized carbons (Fsp3) is 0.338. The Morgan fingerprint density at radius 1 is 0.500 bits per heavy atom. The van der Waals surface area contributed by atoms with Crippen molar-refractivity contribution in [3.63, 3.8) is 0 Å². The zero-order valence-electron chi connectivity index (χ0n) is 52.9. The lowest BCUT2D eigenvalue weighted by Gasteiger charge is -2.37. The van der Waals surface area contributed by atoms with Gasteiger partial charge in [0.1, 0.15) is 5.82 Å². The number of methoxy groups -OCH3 is 3. The molecular formula is C71H68F13N5O7. The Bertz CT molecular complexity index is 4410. The molecule has 4 N–H and O–H groups in total. The van der Waals surface area contributed by atoms with Crippen molar-refractivity contribution in [3.8, 4) is 23.3 Å². The monoisotopic (exact) mass is 1350 g/mol. The van der Waals surface area contributed by atoms with Gasteiger partial charge in [0.15, 0.2) is 51.0 Å². The van der Waals surface area contributed by atoms with E-state index in [1.165, 1.54) is 83.0 Å². The number of halogens is 13. The molecule has 9 aromatic rings. The van der Waals surface area contributed by atoms with Crippen molar-refractivity contribution in [2.45, 2.75) is 126 Å². The number of hydrogen-bond acceptors (Lipinski definition) is 8. The van der Waals surface area contributed by atoms with Crippen LogP contribution >= 0.6 is 0 Å². The van der Waals surface area contributed by atoms with Crippen molar-refractivity contribution in [2.75, 3.05) is 28.4 Å². The fourth-order valence-electron chi connectivity index (χ4n) is 12.0. The molecule has 3 aromatic heterocycles. The third-order valence-corrected chi connectivity index (χ3v) is 16.5. The van der Waals surface area contributed by atoms with E-state index in [9.17, 15) is 76.3 Å². The number of benzene rings is 6. The SMILES string of the molecule is CC.CNC(=O)c1cccc2[nH]c([C@H]3CCCC(F)(F)C3)cc(=O)c12.COc1c(C2CCC(F)(F)C[C@H]2c2cc(=O)c3c(F)cccc3[nH]2)ccc(F)c1F.COc1cccc(F)c1F.COc1cccc(F)c1F.N#Cc1cccc2[nH]c([C@H]3CCCC(F)(F)C3)cc(=O)c12. The minimum Gasteiger partial charge on any atom is -0.494 e. The molecule has 12 nitrogen and oxygen atoms in total. The molecule has 96 heavy (non-hydrogen) atoms. The minimum absolute atomic E-state index is 0.0255. The number of H-pyrrole nitrogens is 3. The van der Waals surface area contributed by atoms with E-state index in [1.807, 2.05) is 19.9 Å². The van der Waals surface area contributed by atoms with E-state index in [4.69, 9.17) is 10.00 Å². The number of amides is 1. The topological polar surface area (TPSA) is 179 Å². The molecule has 3 fully saturated rings. The van der Waals surface area contributed by atoms with Crippen molar-refractivity contribution < 1.29 is 76.1 Å². The molecule has 0 aliphatic heterocycles. The summed E-state index contributed by atoms with van der Waals surface area (Å²) in [7, 11) is 5.25. The highest BCUT2D eigenvalue weighted by molar-refractivity contribution is 6.06. The molecule has 0 spiro atoms. The van der Waals surface area contributed by atoms with Crippen LogP contribution in [0, 0.1) is 52.1 Å². The summed E-state index contributed by atoms with van der Waals surface area (Å²) in [5, 5.41) is 12.0. The van der Waals surface area contributed by atoms with Gasteiger partial charge in [-0.05, 0) is 105 Å². The Hall–Kier alpha value is -9.60. The number of pyridine rings is 3. The Morgan fingerprint density at radius 3 is 1.44 bits per heavy atom. The second kappa shape index (κ2) is 32.2. The maximum atomic E-state index is 14.3. The summed E-state index contributed by atoms with van der Waals surface area (Å²) in [5.74, 6) is -18.1. The normalized spacial score (nSPS) is 18.1. The van der Waals surface area contributed by atoms with Gasteiger partial charge < -0.3 is 34.5 Å². The summed E-state index contributed by atoms with van der Waals surface area (Å²) in [6.07, 6.45) is 0.451. The molecule has 3 saturated carbocycles. The number of fused-ring (bicyclic) bond motifs is 3. The number of nitrogens with one attached hydrogen (secondary N) is 4. The van der Waals surface area contributed by atoms with Gasteiger partial charge in [0.05, 0.1) is 71.2 Å². The van der Waals surface area contributed by atoms with Crippen LogP contribution in [0.5, 0.6) is 17.2 Å². The lowest BCUT2D eigenvalue weighted by molar-refractivity contribution is -0.0467. The molecule has 1 unspecified atom stereocenters. The molecule has 6 aromatic carbocycles. The van der Waals surface area contributed by atoms with Crippen LogP contribution in [-0.4, -0.2) is 67.0 Å². The summed E-state index contributed by atoms with van der Waals surface area (Å²) in [6.45, 7) is 4.00. The van der Waals surface area contributed by atoms with E-state index < -0.39 is 88.6 Å². The standard InChI is InChI=1S/C22H18F5NO2.C17H18F2N2O2.C16H14F2N2O.2C7H6F2O.C2H6/c1-30-21-12(5-6-15(24)20(21)25)11-7-8-22(26,27)10-13(11)17-9-18(29)19-14(23)3-2-4-16(19)28-17;1-20-16(23)11-5-2-6-12-15(11)14(22)8-13(21-12)10-4-3-7-17(18,19)9-10;17-16(18)6-2-4-10(8-16)13-7-14(21)15-11(9-19)3-1-5-12(15)20-13;2*1-10-6-4-2-3-5(8)7(6)9;1-2/h2-6,9,11,13H,7-8,10H2,1H3,(H,28,29);2,5-6,8,10H,3-4,7,9H2,1H3,(H,20,23)(H,21,22);1,3,5,7,10H,2,4,6,8H2,(H,20,21);2*2-4H,1H3;1-2H3/t11?,13-;2*10-;;;/m100.../s1. The van der Waals surface area contributed by atoms with E-state index in [0.717, 1.165) is 30.3 Å². The Labute approximate surface area is 542 Å². The average molecular weight is 1350 g/mol. The summed E-state index contributed by atoms with van der Waals surface area (Å²) in [5.41, 5.74) is 2.06. The van der Waals surface area contributed by atoms with Crippen molar-refractivity contribution in [2.24, 2.45) is 0 Å². The molecule has 3 heterocycles. The molecule has 4 atom stereocenters. The quantitative estimate of drug-likeness (QED) is 0.109. The van der Waals surface area contributed by atoms with Gasteiger partial charge in [-0.25, -0.2) is 43.9 Å². The van der Waals surface area contributed by atoms with Crippen LogP contribution in [0.25, 0.3) is 32.7 Å². The van der Waals surface area contributed by atoms with Gasteiger partial charge in [0.2, 0.25) is 35.2 Å². The van der Waals surface area contributed by atoms with E-state index in [1.54, 1.807) is 36.4 Å². The fourth-order valence-corrected chi connectivity index (χ4v) is 12.0. The summed E-state index contributed by atoms with van der Waals surface area (Å²) in [6, 6.07) is 29.5. The van der Waals surface area contributed by atoms with Crippen molar-refractivity contribution in [3.05, 3.63) is 226 Å². The lowest BCUT2D eigenvalue weighted by Crippen LogP contribution is -2.31. The number of rotatable bonds is 8. The van der Waals surface area contributed by atoms with E-state index in [-0.39, 0.29) is 111 Å². The minimum atomic E-state index is -3.00. The van der Waals surface area contributed by atoms with Crippen LogP contribution in [0.2, 0.25) is 0 Å². The molecule has 25 heteroatoms. The van der Waals surface area contributed by atoms with Gasteiger partial charge in [-0.2, -0.15) is 18.4 Å². The second-order valence-corrected chi connectivity index (χ2v) is 22.7. The number of nitriles is 1. The summed E-state index contributed by atoms with van der Waals surface area (Å²) in [4.78, 5) is 58.1. The zero-order valence-corrected chi connectivity index (χ0v) is 52.9. The second-order valence-electron chi connectivity index (χ2n) is 22.7. The third kappa shape index (κ3) is 17.6. The van der Waals surface area contributed by atoms with Crippen molar-refractivity contribution in [1.82, 2.24) is 20.3 Å². The van der Waals surface area contributed by atoms with Gasteiger partial charge >= 0.3 is 0 Å². The molecule has 3 aliphatic rings. The summed E-state index contributed by atoms with van der Waals surface area (Å²) >= 11 is 0. The molecule has 510 valence electrons. The van der Waals surface area contributed by atoms with Gasteiger partial charge in [0.25, 0.3) is 5.91 Å². The predicted molar refractivity (Wildman–Crippen MR) is 338 cm³/mol. The smallest absolute Gasteiger partial charge is 0.251 e. The lowest BCUT2D eigenvalue weighted by atomic mass is 9.72. The van der Waals surface area contributed by atoms with Crippen LogP contribution in [0.4, 0.5) is 57.1 Å². The average Bonchev–Trinajstić information content (AvgIpc) is 1.13. The number of aromatic amines is 3. The van der Waals surface area contributed by atoms with Crippen molar-refractivity contribution in [1.29, 1.82) is 5.26 Å². The summed E-state index contributed by atoms with van der Waals surface area (Å²) < 4.78 is 189. The Balaban J connectivity index is 0.000000178. The van der Waals surface area contributed by atoms with Crippen LogP contribution in [-0.2, 0) is 0 Å². The largest absolute Gasteiger partial charge is 0.494 e. The maximum absolute atomic E-state index is 14.3. The van der Waals surface area contributed by atoms with E-state index in [0.29, 0.717) is 59.1 Å².